The monoisotopic (exact) mass is 279 g/mol. The molecule has 2 aromatic heterocycles. The van der Waals surface area contributed by atoms with E-state index in [1.54, 1.807) is 19.4 Å². The molecule has 0 radical (unpaired) electrons. The molecule has 0 saturated carbocycles. The molecule has 19 heavy (non-hydrogen) atoms. The van der Waals surface area contributed by atoms with Crippen LogP contribution in [0.15, 0.2) is 22.9 Å². The van der Waals surface area contributed by atoms with E-state index in [-0.39, 0.29) is 17.4 Å². The third kappa shape index (κ3) is 2.63. The first-order chi connectivity index (χ1) is 9.04. The van der Waals surface area contributed by atoms with Crippen LogP contribution in [0.1, 0.15) is 27.2 Å². The molecule has 0 aliphatic rings. The first kappa shape index (κ1) is 13.6. The fourth-order valence-electron chi connectivity index (χ4n) is 1.99. The van der Waals surface area contributed by atoms with E-state index in [0.717, 1.165) is 16.9 Å². The number of rotatable bonds is 4. The van der Waals surface area contributed by atoms with Gasteiger partial charge >= 0.3 is 0 Å². The first-order valence-electron chi connectivity index (χ1n) is 5.79. The average molecular weight is 280 g/mol. The van der Waals surface area contributed by atoms with E-state index in [2.05, 4.69) is 4.98 Å². The van der Waals surface area contributed by atoms with Crippen molar-refractivity contribution in [2.75, 3.05) is 7.11 Å². The molecule has 2 heterocycles. The van der Waals surface area contributed by atoms with E-state index >= 15 is 0 Å². The van der Waals surface area contributed by atoms with Crippen LogP contribution in [-0.2, 0) is 6.42 Å². The second kappa shape index (κ2) is 5.45. The maximum atomic E-state index is 12.1. The van der Waals surface area contributed by atoms with Crippen LogP contribution >= 0.6 is 11.6 Å². The van der Waals surface area contributed by atoms with Gasteiger partial charge in [0.25, 0.3) is 0 Å². The molecule has 4 nitrogen and oxygen atoms in total. The Balaban J connectivity index is 2.30. The predicted octanol–water partition coefficient (Wildman–Crippen LogP) is 3.38. The molecule has 0 spiro atoms. The summed E-state index contributed by atoms with van der Waals surface area (Å²) in [6, 6.07) is 1.56. The number of halogens is 1. The Bertz CT molecular complexity index is 619. The summed E-state index contributed by atoms with van der Waals surface area (Å²) in [6.07, 6.45) is 3.26. The van der Waals surface area contributed by atoms with E-state index in [1.807, 2.05) is 13.8 Å². The molecule has 0 aliphatic heterocycles. The normalized spacial score (nSPS) is 10.5. The summed E-state index contributed by atoms with van der Waals surface area (Å²) in [7, 11) is 1.61. The second-order valence-corrected chi connectivity index (χ2v) is 4.60. The Kier molecular flexibility index (Phi) is 3.90. The number of hydrogen-bond donors (Lipinski definition) is 0. The molecule has 100 valence electrons. The summed E-state index contributed by atoms with van der Waals surface area (Å²) >= 11 is 5.79. The maximum absolute atomic E-state index is 12.1. The summed E-state index contributed by atoms with van der Waals surface area (Å²) in [5.41, 5.74) is 2.88. The molecule has 0 unspecified atom stereocenters. The van der Waals surface area contributed by atoms with Gasteiger partial charge in [-0.25, -0.2) is 0 Å². The van der Waals surface area contributed by atoms with Crippen molar-refractivity contribution in [1.82, 2.24) is 4.98 Å². The van der Waals surface area contributed by atoms with Gasteiger partial charge in [0.1, 0.15) is 5.75 Å². The summed E-state index contributed by atoms with van der Waals surface area (Å²) in [5, 5.41) is 0.113. The Labute approximate surface area is 116 Å². The van der Waals surface area contributed by atoms with Crippen molar-refractivity contribution >= 4 is 17.4 Å². The fourth-order valence-corrected chi connectivity index (χ4v) is 2.21. The summed E-state index contributed by atoms with van der Waals surface area (Å²) in [4.78, 5) is 16.4. The second-order valence-electron chi connectivity index (χ2n) is 4.25. The summed E-state index contributed by atoms with van der Waals surface area (Å²) in [6.45, 7) is 3.80. The Morgan fingerprint density at radius 3 is 2.79 bits per heavy atom. The quantitative estimate of drug-likeness (QED) is 0.805. The van der Waals surface area contributed by atoms with Crippen molar-refractivity contribution in [3.05, 3.63) is 46.1 Å². The van der Waals surface area contributed by atoms with Crippen molar-refractivity contribution in [3.63, 3.8) is 0 Å². The van der Waals surface area contributed by atoms with Gasteiger partial charge in [-0.1, -0.05) is 0 Å². The highest BCUT2D eigenvalue weighted by Crippen LogP contribution is 2.25. The minimum atomic E-state index is -0.125. The summed E-state index contributed by atoms with van der Waals surface area (Å²) in [5.74, 6) is 0.636. The van der Waals surface area contributed by atoms with Gasteiger partial charge in [0.05, 0.1) is 31.1 Å². The third-order valence-electron chi connectivity index (χ3n) is 3.00. The molecule has 0 bridgehead atoms. The number of nitrogens with zero attached hydrogens (tertiary/aromatic N) is 1. The van der Waals surface area contributed by atoms with Crippen LogP contribution in [0.2, 0.25) is 5.22 Å². The van der Waals surface area contributed by atoms with Crippen LogP contribution in [0.3, 0.4) is 0 Å². The number of pyridine rings is 1. The van der Waals surface area contributed by atoms with Crippen LogP contribution in [0.5, 0.6) is 5.75 Å². The van der Waals surface area contributed by atoms with Gasteiger partial charge in [-0.05, 0) is 31.5 Å². The molecular formula is C14H14ClNO3. The van der Waals surface area contributed by atoms with E-state index < -0.39 is 0 Å². The van der Waals surface area contributed by atoms with Crippen molar-refractivity contribution in [2.45, 2.75) is 20.3 Å². The zero-order chi connectivity index (χ0) is 14.0. The fraction of sp³-hybridized carbons (Fsp3) is 0.286. The van der Waals surface area contributed by atoms with Gasteiger partial charge in [0.2, 0.25) is 5.22 Å². The van der Waals surface area contributed by atoms with Crippen molar-refractivity contribution in [2.24, 2.45) is 0 Å². The Hall–Kier alpha value is -1.81. The van der Waals surface area contributed by atoms with Gasteiger partial charge in [-0.15, -0.1) is 0 Å². The van der Waals surface area contributed by atoms with Gasteiger partial charge in [0, 0.05) is 17.3 Å². The van der Waals surface area contributed by atoms with Crippen LogP contribution in [0, 0.1) is 13.8 Å². The Morgan fingerprint density at radius 2 is 2.21 bits per heavy atom. The smallest absolute Gasteiger partial charge is 0.203 e. The van der Waals surface area contributed by atoms with E-state index in [1.165, 1.54) is 6.26 Å². The van der Waals surface area contributed by atoms with E-state index in [4.69, 9.17) is 20.8 Å². The molecule has 0 amide bonds. The number of aromatic nitrogens is 1. The van der Waals surface area contributed by atoms with Crippen molar-refractivity contribution in [1.29, 1.82) is 0 Å². The van der Waals surface area contributed by atoms with E-state index in [0.29, 0.717) is 11.3 Å². The minimum absolute atomic E-state index is 0.113. The van der Waals surface area contributed by atoms with Gasteiger partial charge in [-0.2, -0.15) is 0 Å². The van der Waals surface area contributed by atoms with Gasteiger partial charge in [0.15, 0.2) is 5.78 Å². The number of hydrogen-bond acceptors (Lipinski definition) is 4. The number of ketones is 1. The van der Waals surface area contributed by atoms with Gasteiger partial charge in [-0.3, -0.25) is 9.78 Å². The zero-order valence-corrected chi connectivity index (χ0v) is 11.7. The predicted molar refractivity (Wildman–Crippen MR) is 72.0 cm³/mol. The standard InChI is InChI=1S/C14H14ClNO3/c1-8-7-16-11(9(2)13(8)18-3)6-12(17)10-4-5-19-14(10)15/h4-5,7H,6H2,1-3H3. The molecular weight excluding hydrogens is 266 g/mol. The van der Waals surface area contributed by atoms with Crippen LogP contribution in [0.25, 0.3) is 0 Å². The minimum Gasteiger partial charge on any atom is -0.496 e. The Morgan fingerprint density at radius 1 is 1.47 bits per heavy atom. The molecule has 0 saturated heterocycles. The largest absolute Gasteiger partial charge is 0.496 e. The number of furan rings is 1. The maximum Gasteiger partial charge on any atom is 0.203 e. The highest BCUT2D eigenvalue weighted by Gasteiger charge is 2.17. The first-order valence-corrected chi connectivity index (χ1v) is 6.17. The van der Waals surface area contributed by atoms with Crippen molar-refractivity contribution in [3.8, 4) is 5.75 Å². The SMILES string of the molecule is COc1c(C)cnc(CC(=O)c2ccoc2Cl)c1C. The number of carbonyl (C=O) groups is 1. The van der Waals surface area contributed by atoms with Crippen molar-refractivity contribution < 1.29 is 13.9 Å². The lowest BCUT2D eigenvalue weighted by atomic mass is 10.0. The average Bonchev–Trinajstić information content (AvgIpc) is 2.80. The lowest BCUT2D eigenvalue weighted by Crippen LogP contribution is -2.08. The van der Waals surface area contributed by atoms with Crippen LogP contribution < -0.4 is 4.74 Å². The van der Waals surface area contributed by atoms with E-state index in [9.17, 15) is 4.79 Å². The number of methoxy groups -OCH3 is 1. The lowest BCUT2D eigenvalue weighted by Gasteiger charge is -2.11. The highest BCUT2D eigenvalue weighted by molar-refractivity contribution is 6.32. The number of carbonyl (C=O) groups excluding carboxylic acids is 1. The molecule has 0 aliphatic carbocycles. The zero-order valence-electron chi connectivity index (χ0n) is 11.0. The number of Topliss-reactive ketones (excluding diaryl/α,β-unsaturated/α-hetero) is 1. The highest BCUT2D eigenvalue weighted by atomic mass is 35.5. The molecule has 0 aromatic carbocycles. The molecule has 0 fully saturated rings. The third-order valence-corrected chi connectivity index (χ3v) is 3.29. The molecule has 0 atom stereocenters. The topological polar surface area (TPSA) is 52.3 Å². The lowest BCUT2D eigenvalue weighted by molar-refractivity contribution is 0.0991. The van der Waals surface area contributed by atoms with Crippen LogP contribution in [-0.4, -0.2) is 17.9 Å². The number of aryl methyl sites for hydroxylation is 1. The van der Waals surface area contributed by atoms with Crippen LogP contribution in [0.4, 0.5) is 0 Å². The molecule has 2 aromatic rings. The number of ether oxygens (including phenoxy) is 1. The van der Waals surface area contributed by atoms with Gasteiger partial charge < -0.3 is 9.15 Å². The summed E-state index contributed by atoms with van der Waals surface area (Å²) < 4.78 is 10.2. The molecule has 0 N–H and O–H groups in total. The molecule has 2 rings (SSSR count). The molecule has 5 heteroatoms.